The molecular formula is C63H61N. The Kier molecular flexibility index (Phi) is 12.2. The highest BCUT2D eigenvalue weighted by molar-refractivity contribution is 6.26. The molecular weight excluding hydrogens is 771 g/mol. The second kappa shape index (κ2) is 18.3. The number of hydrogen-bond donors (Lipinski definition) is 0. The van der Waals surface area contributed by atoms with E-state index in [4.69, 9.17) is 11.8 Å². The normalized spacial score (nSPS) is 19.8. The molecule has 0 N–H and O–H groups in total. The summed E-state index contributed by atoms with van der Waals surface area (Å²) < 4.78 is 0. The van der Waals surface area contributed by atoms with Crippen LogP contribution in [-0.4, -0.2) is 0 Å². The number of fused-ring (bicyclic) bond motifs is 6. The van der Waals surface area contributed by atoms with Crippen LogP contribution in [0.4, 0.5) is 0 Å². The predicted octanol–water partition coefficient (Wildman–Crippen LogP) is 18.0. The van der Waals surface area contributed by atoms with Gasteiger partial charge in [-0.25, -0.2) is 0 Å². The van der Waals surface area contributed by atoms with Gasteiger partial charge in [-0.3, -0.25) is 0 Å². The average molecular weight is 832 g/mol. The van der Waals surface area contributed by atoms with E-state index in [-0.39, 0.29) is 5.92 Å². The average Bonchev–Trinajstić information content (AvgIpc) is 3.77. The molecule has 318 valence electrons. The van der Waals surface area contributed by atoms with Crippen molar-refractivity contribution in [3.63, 3.8) is 0 Å². The van der Waals surface area contributed by atoms with Crippen LogP contribution in [0.2, 0.25) is 0 Å². The first-order valence-electron chi connectivity index (χ1n) is 23.8. The number of allylic oxidation sites excluding steroid dienone is 21. The summed E-state index contributed by atoms with van der Waals surface area (Å²) in [5.41, 5.74) is 18.6. The van der Waals surface area contributed by atoms with Crippen molar-refractivity contribution in [3.05, 3.63) is 203 Å². The highest BCUT2D eigenvalue weighted by Gasteiger charge is 2.45. The van der Waals surface area contributed by atoms with Gasteiger partial charge in [0, 0.05) is 0 Å². The van der Waals surface area contributed by atoms with Gasteiger partial charge in [-0.1, -0.05) is 173 Å². The standard InChI is InChI=1S/C63H61N/c1-8-12-15-23-40(5)57-59-42(7)58-51(49(11-4)48-35-34-46-37-45(32-33-47(46)38-48)43(10-3)24-19-20-36-64)28-21-30-53(58)63(59)60(44-25-17-14-18-26-44)56-39-55-41(6)50(27-16-13-9-2)52-29-22-31-54(61(52)55)62(56)57/h8,10,12,15-17,19,21-35,37-39,42,49,51,58H,5,9,11,13-14,18,20H2,1-4,6-7H3/b12-8-,23-15-,24-19-,27-16-,43-10+. The van der Waals surface area contributed by atoms with Gasteiger partial charge in [-0.05, 0) is 193 Å². The lowest BCUT2D eigenvalue weighted by Gasteiger charge is -2.35. The third-order valence-corrected chi connectivity index (χ3v) is 14.5. The van der Waals surface area contributed by atoms with Gasteiger partial charge < -0.3 is 0 Å². The first-order chi connectivity index (χ1) is 31.3. The molecule has 0 saturated carbocycles. The monoisotopic (exact) mass is 831 g/mol. The summed E-state index contributed by atoms with van der Waals surface area (Å²) in [7, 11) is 0. The number of nitriles is 1. The second-order valence-corrected chi connectivity index (χ2v) is 18.1. The Morgan fingerprint density at radius 2 is 1.75 bits per heavy atom. The van der Waals surface area contributed by atoms with Gasteiger partial charge in [0.05, 0.1) is 12.5 Å². The second-order valence-electron chi connectivity index (χ2n) is 18.1. The number of unbranched alkanes of at least 4 members (excludes halogenated alkanes) is 1. The minimum Gasteiger partial charge on any atom is -0.198 e. The van der Waals surface area contributed by atoms with Gasteiger partial charge in [-0.2, -0.15) is 5.26 Å². The number of rotatable bonds is 13. The molecule has 4 aliphatic carbocycles. The Hall–Kier alpha value is -6.49. The molecule has 0 fully saturated rings. The van der Waals surface area contributed by atoms with Crippen molar-refractivity contribution in [2.45, 2.75) is 91.9 Å². The Balaban J connectivity index is 1.25. The molecule has 4 atom stereocenters. The number of hydrogen-bond acceptors (Lipinski definition) is 1. The van der Waals surface area contributed by atoms with E-state index in [1.165, 1.54) is 99.1 Å². The van der Waals surface area contributed by atoms with E-state index < -0.39 is 0 Å². The fourth-order valence-electron chi connectivity index (χ4n) is 11.6. The van der Waals surface area contributed by atoms with Crippen molar-refractivity contribution in [2.75, 3.05) is 0 Å². The molecule has 0 spiro atoms. The maximum absolute atomic E-state index is 9.09. The number of benzene rings is 5. The Bertz CT molecular complexity index is 3090. The van der Waals surface area contributed by atoms with E-state index in [0.29, 0.717) is 24.2 Å². The van der Waals surface area contributed by atoms with E-state index in [2.05, 4.69) is 193 Å². The van der Waals surface area contributed by atoms with Crippen LogP contribution < -0.4 is 0 Å². The van der Waals surface area contributed by atoms with E-state index >= 15 is 0 Å². The van der Waals surface area contributed by atoms with Crippen LogP contribution in [0.25, 0.3) is 65.8 Å². The van der Waals surface area contributed by atoms with Crippen molar-refractivity contribution in [1.82, 2.24) is 0 Å². The zero-order valence-electron chi connectivity index (χ0n) is 38.6. The molecule has 4 aliphatic rings. The molecule has 5 aromatic rings. The topological polar surface area (TPSA) is 23.8 Å². The van der Waals surface area contributed by atoms with Crippen LogP contribution >= 0.6 is 0 Å². The van der Waals surface area contributed by atoms with Crippen molar-refractivity contribution < 1.29 is 0 Å². The zero-order valence-corrected chi connectivity index (χ0v) is 38.6. The van der Waals surface area contributed by atoms with E-state index in [0.717, 1.165) is 43.3 Å². The van der Waals surface area contributed by atoms with Crippen LogP contribution in [-0.2, 0) is 0 Å². The fourth-order valence-corrected chi connectivity index (χ4v) is 11.6. The van der Waals surface area contributed by atoms with Gasteiger partial charge in [0.25, 0.3) is 0 Å². The molecule has 0 saturated heterocycles. The molecule has 5 aromatic carbocycles. The van der Waals surface area contributed by atoms with Crippen molar-refractivity contribution in [1.29, 1.82) is 5.26 Å². The van der Waals surface area contributed by atoms with Crippen LogP contribution in [0.1, 0.15) is 136 Å². The predicted molar refractivity (Wildman–Crippen MR) is 280 cm³/mol. The summed E-state index contributed by atoms with van der Waals surface area (Å²) in [5.74, 6) is 1.22. The SMILES string of the molecule is C=C(/C=C\C=C/C)c1c2c(c(C3=CCCC=C3)c3cc4c5c(cccc5c13)C(/C=C\CCC)=C4C)C1=CC=CC(C(CC)c3ccc4cc(C(/C=C\CC#N)=C/C)ccc4c3)C1C2C. The summed E-state index contributed by atoms with van der Waals surface area (Å²) in [6.07, 6.45) is 40.0. The lowest BCUT2D eigenvalue weighted by molar-refractivity contribution is 0.366. The van der Waals surface area contributed by atoms with Crippen molar-refractivity contribution in [3.8, 4) is 6.07 Å². The van der Waals surface area contributed by atoms with E-state index in [1.807, 2.05) is 6.08 Å². The molecule has 9 rings (SSSR count). The molecule has 0 aliphatic heterocycles. The Labute approximate surface area is 382 Å². The first kappa shape index (κ1) is 42.8. The Morgan fingerprint density at radius 1 is 0.906 bits per heavy atom. The molecule has 0 aromatic heterocycles. The van der Waals surface area contributed by atoms with Gasteiger partial charge in [-0.15, -0.1) is 0 Å². The van der Waals surface area contributed by atoms with E-state index in [9.17, 15) is 0 Å². The molecule has 64 heavy (non-hydrogen) atoms. The van der Waals surface area contributed by atoms with Crippen LogP contribution in [0.3, 0.4) is 0 Å². The summed E-state index contributed by atoms with van der Waals surface area (Å²) in [6.45, 7) is 18.6. The first-order valence-corrected chi connectivity index (χ1v) is 23.8. The van der Waals surface area contributed by atoms with Gasteiger partial charge in [0.1, 0.15) is 0 Å². The van der Waals surface area contributed by atoms with Crippen molar-refractivity contribution >= 4 is 65.8 Å². The number of nitrogens with zero attached hydrogens (tertiary/aromatic N) is 1. The summed E-state index contributed by atoms with van der Waals surface area (Å²) >= 11 is 0. The summed E-state index contributed by atoms with van der Waals surface area (Å²) in [6, 6.07) is 25.8. The quantitative estimate of drug-likeness (QED) is 0.0856. The molecule has 1 heteroatoms. The third kappa shape index (κ3) is 7.28. The lowest BCUT2D eigenvalue weighted by Crippen LogP contribution is -2.24. The molecule has 4 unspecified atom stereocenters. The summed E-state index contributed by atoms with van der Waals surface area (Å²) in [4.78, 5) is 0. The van der Waals surface area contributed by atoms with Crippen molar-refractivity contribution in [2.24, 2.45) is 11.8 Å². The fraction of sp³-hybridized carbons (Fsp3) is 0.254. The minimum absolute atomic E-state index is 0.259. The van der Waals surface area contributed by atoms with Crippen LogP contribution in [0, 0.1) is 23.2 Å². The third-order valence-electron chi connectivity index (χ3n) is 14.5. The minimum atomic E-state index is 0.259. The summed E-state index contributed by atoms with van der Waals surface area (Å²) in [5, 5.41) is 17.0. The highest BCUT2D eigenvalue weighted by atomic mass is 14.5. The molecule has 0 radical (unpaired) electrons. The smallest absolute Gasteiger partial charge is 0.0663 e. The zero-order chi connectivity index (χ0) is 44.5. The molecule has 0 bridgehead atoms. The van der Waals surface area contributed by atoms with Gasteiger partial charge >= 0.3 is 0 Å². The molecule has 0 amide bonds. The van der Waals surface area contributed by atoms with Crippen LogP contribution in [0.15, 0.2) is 158 Å². The van der Waals surface area contributed by atoms with Crippen LogP contribution in [0.5, 0.6) is 0 Å². The molecule has 0 heterocycles. The maximum Gasteiger partial charge on any atom is 0.0663 e. The van der Waals surface area contributed by atoms with Gasteiger partial charge in [0.2, 0.25) is 0 Å². The molecule has 1 nitrogen and oxygen atoms in total. The largest absolute Gasteiger partial charge is 0.198 e. The lowest BCUT2D eigenvalue weighted by atomic mass is 9.69. The Morgan fingerprint density at radius 3 is 2.52 bits per heavy atom. The van der Waals surface area contributed by atoms with E-state index in [1.54, 1.807) is 0 Å². The highest BCUT2D eigenvalue weighted by Crippen LogP contribution is 2.61. The maximum atomic E-state index is 9.09. The van der Waals surface area contributed by atoms with Gasteiger partial charge in [0.15, 0.2) is 0 Å².